The molecule has 6 aromatic rings. The van der Waals surface area contributed by atoms with Gasteiger partial charge in [0.2, 0.25) is 11.9 Å². The van der Waals surface area contributed by atoms with Crippen molar-refractivity contribution in [2.45, 2.75) is 41.5 Å². The number of nitro groups is 1. The summed E-state index contributed by atoms with van der Waals surface area (Å²) in [5, 5.41) is 35.7. The van der Waals surface area contributed by atoms with E-state index in [-0.39, 0.29) is 5.69 Å². The number of H-pyrrole nitrogens is 2. The SMILES string of the molecule is Cc1ccc(Nc2nccc(-c3c(C)[nH]c(C#N)c3C)n2)cc1I.Cc1ccc(Nc2nccc(-c3c(C)[nH]c(C#N)c3C)n2)cc1[N+](=O)[O-]. The van der Waals surface area contributed by atoms with Crippen molar-refractivity contribution >= 4 is 51.5 Å². The van der Waals surface area contributed by atoms with Crippen molar-refractivity contribution in [2.24, 2.45) is 0 Å². The average Bonchev–Trinajstić information content (AvgIpc) is 3.55. The Bertz CT molecular complexity index is 2330. The highest BCUT2D eigenvalue weighted by molar-refractivity contribution is 14.1. The smallest absolute Gasteiger partial charge is 0.274 e. The molecule has 0 aliphatic rings. The van der Waals surface area contributed by atoms with Gasteiger partial charge in [-0.25, -0.2) is 19.9 Å². The Balaban J connectivity index is 0.000000195. The van der Waals surface area contributed by atoms with Crippen LogP contribution in [-0.4, -0.2) is 34.8 Å². The fraction of sp³-hybridized carbons (Fsp3) is 0.167. The number of aromatic amines is 2. The summed E-state index contributed by atoms with van der Waals surface area (Å²) in [6.45, 7) is 11.4. The number of aromatic nitrogens is 6. The summed E-state index contributed by atoms with van der Waals surface area (Å²) >= 11 is 2.31. The first-order chi connectivity index (χ1) is 23.9. The highest BCUT2D eigenvalue weighted by atomic mass is 127. The average molecular weight is 778 g/mol. The maximum atomic E-state index is 11.1. The predicted molar refractivity (Wildman–Crippen MR) is 200 cm³/mol. The van der Waals surface area contributed by atoms with E-state index >= 15 is 0 Å². The summed E-state index contributed by atoms with van der Waals surface area (Å²) in [7, 11) is 0. The van der Waals surface area contributed by atoms with Gasteiger partial charge in [0.05, 0.1) is 16.3 Å². The number of hydrogen-bond donors (Lipinski definition) is 4. The number of aryl methyl sites for hydroxylation is 4. The quantitative estimate of drug-likeness (QED) is 0.0692. The number of halogens is 1. The van der Waals surface area contributed by atoms with Gasteiger partial charge >= 0.3 is 0 Å². The zero-order valence-electron chi connectivity index (χ0n) is 28.1. The number of nitrogens with one attached hydrogen (secondary N) is 4. The molecule has 0 fully saturated rings. The molecule has 0 saturated heterocycles. The van der Waals surface area contributed by atoms with Crippen LogP contribution in [0.1, 0.15) is 45.0 Å². The summed E-state index contributed by atoms with van der Waals surface area (Å²) in [6.07, 6.45) is 3.33. The molecule has 2 aromatic carbocycles. The molecular formula is C36H32IN11O2. The van der Waals surface area contributed by atoms with E-state index in [0.29, 0.717) is 40.2 Å². The van der Waals surface area contributed by atoms with Crippen molar-refractivity contribution in [1.82, 2.24) is 29.9 Å². The second-order valence-corrected chi connectivity index (χ2v) is 12.6. The Morgan fingerprint density at radius 2 is 1.18 bits per heavy atom. The summed E-state index contributed by atoms with van der Waals surface area (Å²) in [4.78, 5) is 34.4. The maximum Gasteiger partial charge on any atom is 0.274 e. The molecule has 0 aliphatic heterocycles. The molecule has 0 atom stereocenters. The largest absolute Gasteiger partial charge is 0.350 e. The third-order valence-electron chi connectivity index (χ3n) is 8.01. The fourth-order valence-corrected chi connectivity index (χ4v) is 5.94. The normalized spacial score (nSPS) is 10.4. The molecule has 4 N–H and O–H groups in total. The molecule has 250 valence electrons. The Labute approximate surface area is 302 Å². The fourth-order valence-electron chi connectivity index (χ4n) is 5.42. The van der Waals surface area contributed by atoms with E-state index in [4.69, 9.17) is 5.26 Å². The van der Waals surface area contributed by atoms with Crippen LogP contribution in [0.2, 0.25) is 0 Å². The second-order valence-electron chi connectivity index (χ2n) is 11.5. The molecule has 0 saturated carbocycles. The first-order valence-electron chi connectivity index (χ1n) is 15.3. The monoisotopic (exact) mass is 777 g/mol. The minimum absolute atomic E-state index is 0.0298. The van der Waals surface area contributed by atoms with Crippen LogP contribution in [0.5, 0.6) is 0 Å². The Kier molecular flexibility index (Phi) is 10.5. The number of anilines is 4. The number of rotatable bonds is 7. The summed E-state index contributed by atoms with van der Waals surface area (Å²) in [6, 6.07) is 18.9. The van der Waals surface area contributed by atoms with Crippen LogP contribution in [0.4, 0.5) is 29.0 Å². The molecule has 13 nitrogen and oxygen atoms in total. The number of nitrogens with zero attached hydrogens (tertiary/aromatic N) is 7. The molecule has 50 heavy (non-hydrogen) atoms. The van der Waals surface area contributed by atoms with Gasteiger partial charge in [-0.3, -0.25) is 10.1 Å². The molecular weight excluding hydrogens is 745 g/mol. The lowest BCUT2D eigenvalue weighted by Gasteiger charge is -2.08. The van der Waals surface area contributed by atoms with Crippen LogP contribution in [0.25, 0.3) is 22.5 Å². The van der Waals surface area contributed by atoms with Crippen molar-refractivity contribution < 1.29 is 4.92 Å². The first kappa shape index (κ1) is 35.2. The lowest BCUT2D eigenvalue weighted by molar-refractivity contribution is -0.385. The highest BCUT2D eigenvalue weighted by Gasteiger charge is 2.17. The summed E-state index contributed by atoms with van der Waals surface area (Å²) < 4.78 is 1.18. The predicted octanol–water partition coefficient (Wildman–Crippen LogP) is 8.54. The number of nitro benzene ring substituents is 1. The van der Waals surface area contributed by atoms with Crippen LogP contribution >= 0.6 is 22.6 Å². The zero-order chi connectivity index (χ0) is 36.1. The maximum absolute atomic E-state index is 11.1. The summed E-state index contributed by atoms with van der Waals surface area (Å²) in [5.74, 6) is 0.852. The van der Waals surface area contributed by atoms with Gasteiger partial charge in [0.15, 0.2) is 0 Å². The minimum atomic E-state index is -0.423. The standard InChI is InChI=1S/C18H16IN5.C18H16N6O2/c1-10-4-5-13(8-14(10)19)23-18-21-7-6-15(24-18)17-11(2)16(9-20)22-12(17)3;1-10-4-5-13(8-16(10)24(25)26)22-18-20-7-6-14(23-18)17-11(2)15(9-19)21-12(17)3/h4-8,22H,1-3H3,(H,21,23,24);4-8,21H,1-3H3,(H,20,22,23). The van der Waals surface area contributed by atoms with Crippen LogP contribution in [0.3, 0.4) is 0 Å². The number of nitriles is 2. The highest BCUT2D eigenvalue weighted by Crippen LogP contribution is 2.31. The molecule has 0 amide bonds. The van der Waals surface area contributed by atoms with E-state index in [1.54, 1.807) is 37.5 Å². The van der Waals surface area contributed by atoms with E-state index in [9.17, 15) is 15.4 Å². The van der Waals surface area contributed by atoms with Gasteiger partial charge in [-0.1, -0.05) is 12.1 Å². The third-order valence-corrected chi connectivity index (χ3v) is 9.17. The van der Waals surface area contributed by atoms with Crippen molar-refractivity contribution in [3.8, 4) is 34.7 Å². The van der Waals surface area contributed by atoms with Gasteiger partial charge in [-0.05, 0) is 111 Å². The van der Waals surface area contributed by atoms with Gasteiger partial charge in [-0.15, -0.1) is 0 Å². The van der Waals surface area contributed by atoms with Crippen LogP contribution < -0.4 is 10.6 Å². The Morgan fingerprint density at radius 1 is 0.720 bits per heavy atom. The molecule has 4 aromatic heterocycles. The summed E-state index contributed by atoms with van der Waals surface area (Å²) in [5.41, 5.74) is 11.2. The third kappa shape index (κ3) is 7.61. The van der Waals surface area contributed by atoms with Crippen LogP contribution in [-0.2, 0) is 0 Å². The molecule has 0 unspecified atom stereocenters. The van der Waals surface area contributed by atoms with Gasteiger partial charge in [0.1, 0.15) is 23.5 Å². The van der Waals surface area contributed by atoms with Gasteiger partial charge in [-0.2, -0.15) is 10.5 Å². The van der Waals surface area contributed by atoms with E-state index in [1.807, 2.05) is 39.8 Å². The lowest BCUT2D eigenvalue weighted by Crippen LogP contribution is -2.00. The van der Waals surface area contributed by atoms with Crippen molar-refractivity contribution in [1.29, 1.82) is 10.5 Å². The molecule has 0 radical (unpaired) electrons. The Hall–Kier alpha value is -6.13. The van der Waals surface area contributed by atoms with Gasteiger partial charge in [0.25, 0.3) is 5.69 Å². The number of hydrogen-bond acceptors (Lipinski definition) is 10. The zero-order valence-corrected chi connectivity index (χ0v) is 30.3. The van der Waals surface area contributed by atoms with Crippen molar-refractivity contribution in [2.75, 3.05) is 10.6 Å². The van der Waals surface area contributed by atoms with E-state index in [2.05, 4.69) is 94.3 Å². The molecule has 4 heterocycles. The van der Waals surface area contributed by atoms with E-state index in [1.165, 1.54) is 15.2 Å². The molecule has 0 bridgehead atoms. The van der Waals surface area contributed by atoms with Crippen LogP contribution in [0.15, 0.2) is 60.9 Å². The minimum Gasteiger partial charge on any atom is -0.350 e. The van der Waals surface area contributed by atoms with Gasteiger partial charge < -0.3 is 20.6 Å². The molecule has 14 heteroatoms. The molecule has 0 aliphatic carbocycles. The van der Waals surface area contributed by atoms with E-state index < -0.39 is 4.92 Å². The second kappa shape index (κ2) is 15.0. The number of benzene rings is 2. The lowest BCUT2D eigenvalue weighted by atomic mass is 10.1. The van der Waals surface area contributed by atoms with Crippen LogP contribution in [0, 0.1) is 77.9 Å². The van der Waals surface area contributed by atoms with E-state index in [0.717, 1.165) is 45.0 Å². The van der Waals surface area contributed by atoms with Gasteiger partial charge in [0, 0.05) is 61.5 Å². The van der Waals surface area contributed by atoms with Crippen molar-refractivity contribution in [3.63, 3.8) is 0 Å². The first-order valence-corrected chi connectivity index (χ1v) is 16.4. The topological polar surface area (TPSA) is 198 Å². The molecule has 6 rings (SSSR count). The Morgan fingerprint density at radius 3 is 1.60 bits per heavy atom. The molecule has 0 spiro atoms. The van der Waals surface area contributed by atoms with Crippen molar-refractivity contribution in [3.05, 3.63) is 120 Å².